The van der Waals surface area contributed by atoms with Crippen molar-refractivity contribution in [2.75, 3.05) is 44.7 Å². The number of ether oxygens (including phenoxy) is 2. The van der Waals surface area contributed by atoms with Crippen molar-refractivity contribution in [2.24, 2.45) is 5.92 Å². The minimum Gasteiger partial charge on any atom is -0.347 e. The number of anilines is 1. The number of fused-ring (bicyclic) bond motifs is 2. The van der Waals surface area contributed by atoms with Gasteiger partial charge in [-0.25, -0.2) is 4.79 Å². The van der Waals surface area contributed by atoms with Crippen molar-refractivity contribution in [3.8, 4) is 0 Å². The highest BCUT2D eigenvalue weighted by atomic mass is 16.7. The van der Waals surface area contributed by atoms with Gasteiger partial charge in [-0.15, -0.1) is 0 Å². The Morgan fingerprint density at radius 3 is 2.57 bits per heavy atom. The molecule has 4 amide bonds. The van der Waals surface area contributed by atoms with Crippen LogP contribution in [0.3, 0.4) is 0 Å². The summed E-state index contributed by atoms with van der Waals surface area (Å²) in [6, 6.07) is 12.0. The summed E-state index contributed by atoms with van der Waals surface area (Å²) in [6.45, 7) is 6.02. The largest absolute Gasteiger partial charge is 0.347 e. The summed E-state index contributed by atoms with van der Waals surface area (Å²) in [7, 11) is 0. The molecule has 0 saturated carbocycles. The van der Waals surface area contributed by atoms with Crippen molar-refractivity contribution >= 4 is 34.4 Å². The van der Waals surface area contributed by atoms with Gasteiger partial charge in [-0.2, -0.15) is 5.10 Å². The first-order valence-electron chi connectivity index (χ1n) is 15.8. The monoisotopic (exact) mass is 600 g/mol. The topological polar surface area (TPSA) is 120 Å². The molecule has 44 heavy (non-hydrogen) atoms. The quantitative estimate of drug-likeness (QED) is 0.444. The van der Waals surface area contributed by atoms with E-state index in [2.05, 4.69) is 27.6 Å². The molecule has 0 aliphatic carbocycles. The van der Waals surface area contributed by atoms with E-state index in [1.165, 1.54) is 0 Å². The number of aryl methyl sites for hydroxylation is 1. The van der Waals surface area contributed by atoms with Crippen molar-refractivity contribution in [3.05, 3.63) is 59.3 Å². The minimum absolute atomic E-state index is 0.00714. The number of urea groups is 1. The van der Waals surface area contributed by atoms with Gasteiger partial charge in [0.2, 0.25) is 11.8 Å². The van der Waals surface area contributed by atoms with Gasteiger partial charge in [0, 0.05) is 69.1 Å². The van der Waals surface area contributed by atoms with Crippen LogP contribution in [0, 0.1) is 12.8 Å². The fraction of sp³-hybridized carbons (Fsp3) is 0.515. The number of piperidine rings is 2. The molecule has 3 saturated heterocycles. The normalized spacial score (nSPS) is 21.0. The molecule has 0 bridgehead atoms. The molecule has 0 radical (unpaired) electrons. The third-order valence-electron chi connectivity index (χ3n) is 9.83. The first kappa shape index (κ1) is 28.8. The van der Waals surface area contributed by atoms with Gasteiger partial charge in [-0.05, 0) is 55.0 Å². The van der Waals surface area contributed by atoms with E-state index < -0.39 is 11.7 Å². The standard InChI is InChI=1S/C33H40N6O5/c1-22-16-23(18-26-20-34-36-30(22)26)17-25(31(41)38-12-8-33(9-13-38)43-14-15-44-33)19-29(40)37-10-6-27(7-11-37)39-21-24-4-2-3-5-28(24)35-32(39)42/h2-5,16,18,20,25,27H,6-15,17,19,21H2,1H3,(H,34,36)(H,35,42). The fourth-order valence-corrected chi connectivity index (χ4v) is 7.36. The lowest BCUT2D eigenvalue weighted by molar-refractivity contribution is -0.188. The van der Waals surface area contributed by atoms with Crippen LogP contribution in [0.5, 0.6) is 0 Å². The first-order valence-corrected chi connectivity index (χ1v) is 15.8. The van der Waals surface area contributed by atoms with Crippen molar-refractivity contribution in [3.63, 3.8) is 0 Å². The molecule has 5 heterocycles. The molecule has 232 valence electrons. The zero-order valence-electron chi connectivity index (χ0n) is 25.2. The number of aromatic amines is 1. The number of amides is 4. The Morgan fingerprint density at radius 2 is 1.80 bits per heavy atom. The van der Waals surface area contributed by atoms with Crippen LogP contribution in [0.4, 0.5) is 10.5 Å². The third kappa shape index (κ3) is 5.66. The van der Waals surface area contributed by atoms with Crippen LogP contribution < -0.4 is 5.32 Å². The highest BCUT2D eigenvalue weighted by molar-refractivity contribution is 5.92. The highest BCUT2D eigenvalue weighted by Gasteiger charge is 2.42. The predicted molar refractivity (Wildman–Crippen MR) is 164 cm³/mol. The number of hydrogen-bond donors (Lipinski definition) is 2. The molecule has 2 aromatic carbocycles. The summed E-state index contributed by atoms with van der Waals surface area (Å²) in [6.07, 6.45) is 5.13. The van der Waals surface area contributed by atoms with E-state index in [0.717, 1.165) is 33.3 Å². The highest BCUT2D eigenvalue weighted by Crippen LogP contribution is 2.33. The van der Waals surface area contributed by atoms with E-state index >= 15 is 0 Å². The maximum absolute atomic E-state index is 14.0. The number of para-hydroxylation sites is 1. The summed E-state index contributed by atoms with van der Waals surface area (Å²) in [4.78, 5) is 46.3. The Bertz CT molecular complexity index is 1550. The number of carbonyl (C=O) groups excluding carboxylic acids is 3. The zero-order chi connectivity index (χ0) is 30.3. The molecule has 1 spiro atoms. The van der Waals surface area contributed by atoms with Gasteiger partial charge < -0.3 is 29.5 Å². The van der Waals surface area contributed by atoms with Crippen LogP contribution in [0.25, 0.3) is 10.9 Å². The molecule has 2 N–H and O–H groups in total. The Kier molecular flexibility index (Phi) is 7.75. The molecule has 1 unspecified atom stereocenters. The lowest BCUT2D eigenvalue weighted by Crippen LogP contribution is -2.52. The second-order valence-corrected chi connectivity index (χ2v) is 12.6. The summed E-state index contributed by atoms with van der Waals surface area (Å²) in [5.74, 6) is -1.04. The van der Waals surface area contributed by atoms with Gasteiger partial charge in [0.1, 0.15) is 0 Å². The number of H-pyrrole nitrogens is 1. The number of likely N-dealkylation sites (tertiary alicyclic amines) is 2. The fourth-order valence-electron chi connectivity index (χ4n) is 7.36. The number of hydrogen-bond acceptors (Lipinski definition) is 6. The molecule has 11 heteroatoms. The Labute approximate surface area is 256 Å². The van der Waals surface area contributed by atoms with E-state index in [0.29, 0.717) is 78.0 Å². The van der Waals surface area contributed by atoms with Gasteiger partial charge >= 0.3 is 6.03 Å². The van der Waals surface area contributed by atoms with Crippen LogP contribution in [-0.2, 0) is 32.0 Å². The van der Waals surface area contributed by atoms with Gasteiger partial charge in [-0.3, -0.25) is 14.7 Å². The summed E-state index contributed by atoms with van der Waals surface area (Å²) in [5.41, 5.74) is 5.04. The molecule has 7 rings (SSSR count). The Morgan fingerprint density at radius 1 is 1.05 bits per heavy atom. The number of aromatic nitrogens is 2. The van der Waals surface area contributed by atoms with Gasteiger partial charge in [0.05, 0.1) is 30.8 Å². The molecular formula is C33H40N6O5. The maximum Gasteiger partial charge on any atom is 0.322 e. The summed E-state index contributed by atoms with van der Waals surface area (Å²) >= 11 is 0. The third-order valence-corrected chi connectivity index (χ3v) is 9.83. The van der Waals surface area contributed by atoms with Crippen molar-refractivity contribution in [2.45, 2.75) is 63.8 Å². The average Bonchev–Trinajstić information content (AvgIpc) is 3.71. The van der Waals surface area contributed by atoms with Crippen LogP contribution in [0.15, 0.2) is 42.6 Å². The molecular weight excluding hydrogens is 560 g/mol. The van der Waals surface area contributed by atoms with E-state index in [4.69, 9.17) is 9.47 Å². The SMILES string of the molecule is Cc1cc(CC(CC(=O)N2CCC(N3Cc4ccccc4NC3=O)CC2)C(=O)N2CCC3(CC2)OCCO3)cc2cn[nH]c12. The van der Waals surface area contributed by atoms with E-state index in [1.54, 1.807) is 6.20 Å². The van der Waals surface area contributed by atoms with Gasteiger partial charge in [-0.1, -0.05) is 24.3 Å². The number of nitrogens with zero attached hydrogens (tertiary/aromatic N) is 4. The van der Waals surface area contributed by atoms with Gasteiger partial charge in [0.15, 0.2) is 5.79 Å². The Balaban J connectivity index is 1.02. The summed E-state index contributed by atoms with van der Waals surface area (Å²) in [5, 5.41) is 11.2. The van der Waals surface area contributed by atoms with Crippen molar-refractivity contribution in [1.82, 2.24) is 24.9 Å². The Hall–Kier alpha value is -3.96. The van der Waals surface area contributed by atoms with Crippen LogP contribution in [0.1, 0.15) is 48.8 Å². The zero-order valence-corrected chi connectivity index (χ0v) is 25.2. The van der Waals surface area contributed by atoms with Crippen LogP contribution >= 0.6 is 0 Å². The molecule has 11 nitrogen and oxygen atoms in total. The molecule has 3 fully saturated rings. The number of nitrogens with one attached hydrogen (secondary N) is 2. The van der Waals surface area contributed by atoms with Crippen molar-refractivity contribution < 1.29 is 23.9 Å². The molecule has 3 aromatic rings. The maximum atomic E-state index is 14.0. The average molecular weight is 601 g/mol. The predicted octanol–water partition coefficient (Wildman–Crippen LogP) is 3.82. The second-order valence-electron chi connectivity index (χ2n) is 12.6. The van der Waals surface area contributed by atoms with Gasteiger partial charge in [0.25, 0.3) is 0 Å². The van der Waals surface area contributed by atoms with Crippen LogP contribution in [-0.4, -0.2) is 94.0 Å². The van der Waals surface area contributed by atoms with Crippen molar-refractivity contribution in [1.29, 1.82) is 0 Å². The first-order chi connectivity index (χ1) is 21.4. The molecule has 1 aromatic heterocycles. The lowest BCUT2D eigenvalue weighted by atomic mass is 9.91. The smallest absolute Gasteiger partial charge is 0.322 e. The van der Waals surface area contributed by atoms with E-state index in [1.807, 2.05) is 45.9 Å². The minimum atomic E-state index is -0.566. The molecule has 1 atom stereocenters. The number of rotatable bonds is 6. The van der Waals surface area contributed by atoms with Crippen LogP contribution in [0.2, 0.25) is 0 Å². The van der Waals surface area contributed by atoms with E-state index in [-0.39, 0.29) is 30.3 Å². The number of carbonyl (C=O) groups is 3. The molecule has 4 aliphatic heterocycles. The second kappa shape index (κ2) is 11.9. The lowest BCUT2D eigenvalue weighted by Gasteiger charge is -2.41. The molecule has 4 aliphatic rings. The van der Waals surface area contributed by atoms with E-state index in [9.17, 15) is 14.4 Å². The number of benzene rings is 2. The summed E-state index contributed by atoms with van der Waals surface area (Å²) < 4.78 is 11.7.